The van der Waals surface area contributed by atoms with E-state index < -0.39 is 0 Å². The van der Waals surface area contributed by atoms with Crippen LogP contribution in [0.5, 0.6) is 0 Å². The van der Waals surface area contributed by atoms with E-state index in [1.165, 1.54) is 11.1 Å². The Morgan fingerprint density at radius 1 is 0.917 bits per heavy atom. The molecule has 0 aliphatic heterocycles. The lowest BCUT2D eigenvalue weighted by Crippen LogP contribution is -2.05. The summed E-state index contributed by atoms with van der Waals surface area (Å²) in [5, 5.41) is 7.24. The number of benzene rings is 2. The van der Waals surface area contributed by atoms with E-state index in [2.05, 4.69) is 51.8 Å². The minimum absolute atomic E-state index is 0.656. The Labute approximate surface area is 146 Å². The maximum atomic E-state index is 6.19. The summed E-state index contributed by atoms with van der Waals surface area (Å²) in [4.78, 5) is 8.86. The van der Waals surface area contributed by atoms with Crippen molar-refractivity contribution in [2.75, 3.05) is 10.6 Å². The molecular weight excluding hydrogens is 320 g/mol. The van der Waals surface area contributed by atoms with Gasteiger partial charge in [0, 0.05) is 12.6 Å². The number of para-hydroxylation sites is 1. The van der Waals surface area contributed by atoms with Gasteiger partial charge in [0.1, 0.15) is 17.5 Å². The number of anilines is 3. The molecule has 4 nitrogen and oxygen atoms in total. The van der Waals surface area contributed by atoms with Gasteiger partial charge in [-0.25, -0.2) is 9.97 Å². The molecule has 24 heavy (non-hydrogen) atoms. The monoisotopic (exact) mass is 338 g/mol. The average molecular weight is 339 g/mol. The maximum Gasteiger partial charge on any atom is 0.136 e. The Morgan fingerprint density at radius 2 is 1.71 bits per heavy atom. The van der Waals surface area contributed by atoms with Gasteiger partial charge >= 0.3 is 0 Å². The van der Waals surface area contributed by atoms with Gasteiger partial charge in [-0.3, -0.25) is 0 Å². The van der Waals surface area contributed by atoms with Crippen LogP contribution in [-0.2, 0) is 6.54 Å². The average Bonchev–Trinajstić information content (AvgIpc) is 2.55. The molecule has 0 aliphatic rings. The molecule has 0 fully saturated rings. The fraction of sp³-hybridized carbons (Fsp3) is 0.158. The molecule has 0 unspecified atom stereocenters. The van der Waals surface area contributed by atoms with Crippen molar-refractivity contribution in [1.29, 1.82) is 0 Å². The van der Waals surface area contributed by atoms with E-state index >= 15 is 0 Å². The maximum absolute atomic E-state index is 6.19. The van der Waals surface area contributed by atoms with Gasteiger partial charge in [0.25, 0.3) is 0 Å². The summed E-state index contributed by atoms with van der Waals surface area (Å²) in [5.41, 5.74) is 3.28. The van der Waals surface area contributed by atoms with Crippen molar-refractivity contribution >= 4 is 28.9 Å². The molecule has 3 aromatic rings. The van der Waals surface area contributed by atoms with E-state index in [1.807, 2.05) is 37.3 Å². The quantitative estimate of drug-likeness (QED) is 0.679. The predicted octanol–water partition coefficient (Wildman–Crippen LogP) is 5.10. The number of aryl methyl sites for hydroxylation is 2. The first-order chi connectivity index (χ1) is 11.6. The van der Waals surface area contributed by atoms with Crippen molar-refractivity contribution in [3.63, 3.8) is 0 Å². The summed E-state index contributed by atoms with van der Waals surface area (Å²) < 4.78 is 0. The van der Waals surface area contributed by atoms with Crippen molar-refractivity contribution < 1.29 is 0 Å². The highest BCUT2D eigenvalue weighted by Crippen LogP contribution is 2.25. The first kappa shape index (κ1) is 16.3. The SMILES string of the molecule is Cc1cccc(CNc2cc(Nc3ccccc3Cl)nc(C)n2)c1. The zero-order valence-electron chi connectivity index (χ0n) is 13.7. The van der Waals surface area contributed by atoms with E-state index in [0.29, 0.717) is 23.2 Å². The number of hydrogen-bond acceptors (Lipinski definition) is 4. The third-order valence-electron chi connectivity index (χ3n) is 3.53. The fourth-order valence-corrected chi connectivity index (χ4v) is 2.62. The van der Waals surface area contributed by atoms with Crippen LogP contribution in [0.15, 0.2) is 54.6 Å². The van der Waals surface area contributed by atoms with E-state index in [0.717, 1.165) is 11.5 Å². The minimum Gasteiger partial charge on any atom is -0.366 e. The molecule has 0 saturated carbocycles. The Hall–Kier alpha value is -2.59. The van der Waals surface area contributed by atoms with Gasteiger partial charge < -0.3 is 10.6 Å². The number of nitrogens with zero attached hydrogens (tertiary/aromatic N) is 2. The van der Waals surface area contributed by atoms with Crippen LogP contribution in [0.25, 0.3) is 0 Å². The summed E-state index contributed by atoms with van der Waals surface area (Å²) in [6.45, 7) is 4.67. The molecule has 0 radical (unpaired) electrons. The van der Waals surface area contributed by atoms with Gasteiger partial charge in [-0.2, -0.15) is 0 Å². The molecule has 3 rings (SSSR count). The van der Waals surface area contributed by atoms with Crippen LogP contribution in [0.2, 0.25) is 5.02 Å². The molecule has 122 valence electrons. The Balaban J connectivity index is 1.75. The van der Waals surface area contributed by atoms with Crippen molar-refractivity contribution in [2.24, 2.45) is 0 Å². The van der Waals surface area contributed by atoms with Crippen molar-refractivity contribution in [3.05, 3.63) is 76.6 Å². The van der Waals surface area contributed by atoms with Crippen LogP contribution in [-0.4, -0.2) is 9.97 Å². The summed E-state index contributed by atoms with van der Waals surface area (Å²) in [6, 6.07) is 17.9. The second-order valence-electron chi connectivity index (χ2n) is 5.63. The van der Waals surface area contributed by atoms with Gasteiger partial charge in [0.2, 0.25) is 0 Å². The summed E-state index contributed by atoms with van der Waals surface area (Å²) >= 11 is 6.19. The van der Waals surface area contributed by atoms with Crippen LogP contribution in [0.4, 0.5) is 17.3 Å². The first-order valence-electron chi connectivity index (χ1n) is 7.77. The van der Waals surface area contributed by atoms with Crippen LogP contribution in [0.3, 0.4) is 0 Å². The Kier molecular flexibility index (Phi) is 4.96. The highest BCUT2D eigenvalue weighted by molar-refractivity contribution is 6.33. The van der Waals surface area contributed by atoms with Crippen molar-refractivity contribution in [1.82, 2.24) is 9.97 Å². The Morgan fingerprint density at radius 3 is 2.50 bits per heavy atom. The molecule has 2 N–H and O–H groups in total. The van der Waals surface area contributed by atoms with E-state index in [-0.39, 0.29) is 0 Å². The molecule has 1 heterocycles. The van der Waals surface area contributed by atoms with E-state index in [1.54, 1.807) is 0 Å². The van der Waals surface area contributed by atoms with Gasteiger partial charge in [-0.15, -0.1) is 0 Å². The molecule has 0 bridgehead atoms. The lowest BCUT2D eigenvalue weighted by atomic mass is 10.1. The zero-order chi connectivity index (χ0) is 16.9. The third-order valence-corrected chi connectivity index (χ3v) is 3.86. The summed E-state index contributed by atoms with van der Waals surface area (Å²) in [7, 11) is 0. The van der Waals surface area contributed by atoms with Crippen molar-refractivity contribution in [3.8, 4) is 0 Å². The van der Waals surface area contributed by atoms with Crippen LogP contribution in [0, 0.1) is 13.8 Å². The highest BCUT2D eigenvalue weighted by atomic mass is 35.5. The molecule has 2 aromatic carbocycles. The predicted molar refractivity (Wildman–Crippen MR) is 100 cm³/mol. The highest BCUT2D eigenvalue weighted by Gasteiger charge is 2.05. The lowest BCUT2D eigenvalue weighted by Gasteiger charge is -2.11. The molecule has 0 amide bonds. The zero-order valence-corrected chi connectivity index (χ0v) is 14.4. The van der Waals surface area contributed by atoms with Crippen LogP contribution in [0.1, 0.15) is 17.0 Å². The second-order valence-corrected chi connectivity index (χ2v) is 6.04. The normalized spacial score (nSPS) is 10.5. The third kappa shape index (κ3) is 4.24. The number of halogens is 1. The minimum atomic E-state index is 0.656. The fourth-order valence-electron chi connectivity index (χ4n) is 2.44. The Bertz CT molecular complexity index is 848. The number of aromatic nitrogens is 2. The van der Waals surface area contributed by atoms with Gasteiger partial charge in [-0.1, -0.05) is 53.6 Å². The number of nitrogens with one attached hydrogen (secondary N) is 2. The first-order valence-corrected chi connectivity index (χ1v) is 8.14. The largest absolute Gasteiger partial charge is 0.366 e. The number of rotatable bonds is 5. The van der Waals surface area contributed by atoms with E-state index in [9.17, 15) is 0 Å². The standard InChI is InChI=1S/C19H19ClN4/c1-13-6-5-7-15(10-13)12-21-18-11-19(23-14(2)22-18)24-17-9-4-3-8-16(17)20/h3-11H,12H2,1-2H3,(H2,21,22,23,24). The summed E-state index contributed by atoms with van der Waals surface area (Å²) in [5.74, 6) is 2.18. The molecule has 0 atom stereocenters. The molecular formula is C19H19ClN4. The van der Waals surface area contributed by atoms with E-state index in [4.69, 9.17) is 11.6 Å². The van der Waals surface area contributed by atoms with Crippen molar-refractivity contribution in [2.45, 2.75) is 20.4 Å². The topological polar surface area (TPSA) is 49.8 Å². The molecule has 5 heteroatoms. The molecule has 0 aliphatic carbocycles. The van der Waals surface area contributed by atoms with Crippen LogP contribution < -0.4 is 10.6 Å². The van der Waals surface area contributed by atoms with Gasteiger partial charge in [-0.05, 0) is 31.5 Å². The second kappa shape index (κ2) is 7.32. The van der Waals surface area contributed by atoms with Gasteiger partial charge in [0.05, 0.1) is 10.7 Å². The molecule has 0 spiro atoms. The smallest absolute Gasteiger partial charge is 0.136 e. The number of hydrogen-bond donors (Lipinski definition) is 2. The summed E-state index contributed by atoms with van der Waals surface area (Å²) in [6.07, 6.45) is 0. The van der Waals surface area contributed by atoms with Gasteiger partial charge in [0.15, 0.2) is 0 Å². The molecule has 1 aromatic heterocycles. The van der Waals surface area contributed by atoms with Crippen LogP contribution >= 0.6 is 11.6 Å². The lowest BCUT2D eigenvalue weighted by molar-refractivity contribution is 1.02. The molecule has 0 saturated heterocycles.